The van der Waals surface area contributed by atoms with E-state index in [1.54, 1.807) is 44.2 Å². The molecule has 0 aliphatic carbocycles. The third kappa shape index (κ3) is 6.61. The number of halogens is 3. The van der Waals surface area contributed by atoms with Gasteiger partial charge in [-0.05, 0) is 56.7 Å². The van der Waals surface area contributed by atoms with Crippen LogP contribution in [0.1, 0.15) is 36.4 Å². The zero-order chi connectivity index (χ0) is 24.6. The first-order valence-electron chi connectivity index (χ1n) is 10.6. The third-order valence-corrected chi connectivity index (χ3v) is 7.48. The summed E-state index contributed by atoms with van der Waals surface area (Å²) in [5, 5.41) is 10.5. The molecule has 3 N–H and O–H groups in total. The van der Waals surface area contributed by atoms with Crippen molar-refractivity contribution in [2.45, 2.75) is 44.2 Å². The summed E-state index contributed by atoms with van der Waals surface area (Å²) in [6, 6.07) is 10.3. The van der Waals surface area contributed by atoms with Crippen molar-refractivity contribution >= 4 is 45.9 Å². The molecule has 0 radical (unpaired) electrons. The second-order valence-electron chi connectivity index (χ2n) is 8.77. The van der Waals surface area contributed by atoms with Crippen molar-refractivity contribution in [1.29, 1.82) is 0 Å². The van der Waals surface area contributed by atoms with Crippen LogP contribution in [-0.2, 0) is 28.6 Å². The summed E-state index contributed by atoms with van der Waals surface area (Å²) in [6.07, 6.45) is 1.82. The van der Waals surface area contributed by atoms with E-state index in [0.29, 0.717) is 17.6 Å². The first kappa shape index (κ1) is 31.0. The molecule has 2 aromatic heterocycles. The van der Waals surface area contributed by atoms with Gasteiger partial charge in [0.25, 0.3) is 0 Å². The zero-order valence-corrected chi connectivity index (χ0v) is 22.9. The molecule has 0 spiro atoms. The van der Waals surface area contributed by atoms with Crippen molar-refractivity contribution < 1.29 is 17.9 Å². The average Bonchev–Trinajstić information content (AvgIpc) is 2.99. The number of hydrogen-bond donors (Lipinski definition) is 2. The molecule has 1 aromatic carbocycles. The van der Waals surface area contributed by atoms with Crippen molar-refractivity contribution in [3.05, 3.63) is 70.8 Å². The van der Waals surface area contributed by atoms with Gasteiger partial charge in [-0.2, -0.15) is 0 Å². The third-order valence-electron chi connectivity index (χ3n) is 5.65. The Hall–Kier alpha value is -2.01. The van der Waals surface area contributed by atoms with Crippen LogP contribution in [0.15, 0.2) is 53.2 Å². The van der Waals surface area contributed by atoms with E-state index >= 15 is 0 Å². The summed E-state index contributed by atoms with van der Waals surface area (Å²) >= 11 is 0. The second kappa shape index (κ2) is 11.8. The lowest BCUT2D eigenvalue weighted by Crippen LogP contribution is -2.22. The Morgan fingerprint density at radius 2 is 1.77 bits per heavy atom. The topological polar surface area (TPSA) is 101 Å². The Kier molecular flexibility index (Phi) is 10.5. The van der Waals surface area contributed by atoms with Gasteiger partial charge in [-0.3, -0.25) is 0 Å². The largest absolute Gasteiger partial charge is 0.384 e. The maximum Gasteiger partial charge on any atom is 0.242 e. The predicted molar refractivity (Wildman–Crippen MR) is 143 cm³/mol. The first-order valence-corrected chi connectivity index (χ1v) is 12.1. The van der Waals surface area contributed by atoms with Gasteiger partial charge < -0.3 is 15.4 Å². The number of aliphatic hydroxyl groups is 1. The summed E-state index contributed by atoms with van der Waals surface area (Å²) in [5.41, 5.74) is 8.90. The number of pyridine rings is 1. The Morgan fingerprint density at radius 1 is 1.17 bits per heavy atom. The molecule has 0 aliphatic heterocycles. The summed E-state index contributed by atoms with van der Waals surface area (Å²) in [7, 11) is -0.532. The van der Waals surface area contributed by atoms with Gasteiger partial charge >= 0.3 is 0 Å². The normalized spacial score (nSPS) is 12.5. The highest BCUT2D eigenvalue weighted by Gasteiger charge is 2.23. The number of fused-ring (bicyclic) bond motifs is 1. The molecular weight excluding hydrogens is 514 g/mol. The molecule has 2 heterocycles. The quantitative estimate of drug-likeness (QED) is 0.443. The van der Waals surface area contributed by atoms with Crippen molar-refractivity contribution in [1.82, 2.24) is 13.9 Å². The minimum atomic E-state index is -3.52. The summed E-state index contributed by atoms with van der Waals surface area (Å²) in [4.78, 5) is 4.93. The Morgan fingerprint density at radius 3 is 2.29 bits per heavy atom. The van der Waals surface area contributed by atoms with Crippen LogP contribution in [0.2, 0.25) is 0 Å². The molecule has 0 saturated carbocycles. The summed E-state index contributed by atoms with van der Waals surface area (Å²) in [5.74, 6) is -0.339. The molecular formula is C24H33Cl2FN4O3S. The van der Waals surface area contributed by atoms with Gasteiger partial charge in [-0.1, -0.05) is 12.1 Å². The van der Waals surface area contributed by atoms with E-state index < -0.39 is 15.6 Å². The molecule has 35 heavy (non-hydrogen) atoms. The number of nitrogens with zero attached hydrogens (tertiary/aromatic N) is 3. The lowest BCUT2D eigenvalue weighted by Gasteiger charge is -2.16. The summed E-state index contributed by atoms with van der Waals surface area (Å²) < 4.78 is 42.1. The Bertz CT molecular complexity index is 1300. The van der Waals surface area contributed by atoms with Crippen LogP contribution in [0.3, 0.4) is 0 Å². The number of benzene rings is 1. The number of hydrogen-bond acceptors (Lipinski definition) is 5. The molecule has 0 fully saturated rings. The fraction of sp³-hybridized carbons (Fsp3) is 0.375. The van der Waals surface area contributed by atoms with Crippen LogP contribution in [0, 0.1) is 6.92 Å². The molecule has 7 nitrogen and oxygen atoms in total. The highest BCUT2D eigenvalue weighted by Crippen LogP contribution is 2.30. The maximum atomic E-state index is 14.4. The summed E-state index contributed by atoms with van der Waals surface area (Å²) in [6.45, 7) is 5.38. The lowest BCUT2D eigenvalue weighted by molar-refractivity contribution is 0.0742. The fourth-order valence-corrected chi connectivity index (χ4v) is 4.60. The van der Waals surface area contributed by atoms with E-state index in [2.05, 4.69) is 0 Å². The van der Waals surface area contributed by atoms with Crippen molar-refractivity contribution in [3.63, 3.8) is 0 Å². The SMILES string of the molecule is Cc1c(Cc2ccc(S(=O)(=O)N(C)C)cc2)c2nc(C(C)(C)O)ccc2n1CC(F)=CCN.Cl.Cl. The van der Waals surface area contributed by atoms with Crippen molar-refractivity contribution in [2.75, 3.05) is 20.6 Å². The molecule has 0 unspecified atom stereocenters. The van der Waals surface area contributed by atoms with Gasteiger partial charge in [-0.25, -0.2) is 22.1 Å². The van der Waals surface area contributed by atoms with Crippen LogP contribution < -0.4 is 5.73 Å². The predicted octanol–water partition coefficient (Wildman–Crippen LogP) is 4.07. The van der Waals surface area contributed by atoms with E-state index in [4.69, 9.17) is 10.7 Å². The van der Waals surface area contributed by atoms with E-state index in [-0.39, 0.29) is 48.6 Å². The van der Waals surface area contributed by atoms with Gasteiger partial charge in [0.15, 0.2) is 0 Å². The molecule has 194 valence electrons. The highest BCUT2D eigenvalue weighted by atomic mass is 35.5. The van der Waals surface area contributed by atoms with Crippen LogP contribution in [0.4, 0.5) is 4.39 Å². The maximum absolute atomic E-state index is 14.4. The van der Waals surface area contributed by atoms with E-state index in [1.807, 2.05) is 17.6 Å². The van der Waals surface area contributed by atoms with Gasteiger partial charge in [0.1, 0.15) is 11.4 Å². The molecule has 0 atom stereocenters. The van der Waals surface area contributed by atoms with Gasteiger partial charge in [0.2, 0.25) is 10.0 Å². The average molecular weight is 548 g/mol. The molecule has 0 bridgehead atoms. The van der Waals surface area contributed by atoms with Crippen LogP contribution in [0.5, 0.6) is 0 Å². The second-order valence-corrected chi connectivity index (χ2v) is 10.9. The number of sulfonamides is 1. The standard InChI is InChI=1S/C24H31FN4O3S.2ClH/c1-16-20(14-17-6-8-19(9-7-17)33(31,32)28(4)5)23-21(29(16)15-18(25)12-13-26)10-11-22(27-23)24(2,3)30;;/h6-12,30H,13-15,26H2,1-5H3;2*1H. The molecule has 3 aromatic rings. The number of rotatable bonds is 8. The van der Waals surface area contributed by atoms with Crippen LogP contribution >= 0.6 is 24.8 Å². The van der Waals surface area contributed by atoms with Gasteiger partial charge in [0.05, 0.1) is 28.2 Å². The number of aromatic nitrogens is 2. The lowest BCUT2D eigenvalue weighted by atomic mass is 10.0. The van der Waals surface area contributed by atoms with Crippen LogP contribution in [-0.4, -0.2) is 48.0 Å². The zero-order valence-electron chi connectivity index (χ0n) is 20.4. The number of nitrogens with two attached hydrogens (primary N) is 1. The minimum absolute atomic E-state index is 0. The molecule has 0 aliphatic rings. The van der Waals surface area contributed by atoms with Gasteiger partial charge in [0, 0.05) is 38.3 Å². The van der Waals surface area contributed by atoms with Gasteiger partial charge in [-0.15, -0.1) is 24.8 Å². The van der Waals surface area contributed by atoms with Crippen LogP contribution in [0.25, 0.3) is 11.0 Å². The van der Waals surface area contributed by atoms with E-state index in [1.165, 1.54) is 24.5 Å². The minimum Gasteiger partial charge on any atom is -0.384 e. The molecule has 11 heteroatoms. The van der Waals surface area contributed by atoms with E-state index in [9.17, 15) is 17.9 Å². The number of allylic oxidation sites excluding steroid dienone is 1. The fourth-order valence-electron chi connectivity index (χ4n) is 3.70. The van der Waals surface area contributed by atoms with E-state index in [0.717, 1.165) is 22.3 Å². The molecule has 3 rings (SSSR count). The van der Waals surface area contributed by atoms with Crippen molar-refractivity contribution in [3.8, 4) is 0 Å². The molecule has 0 saturated heterocycles. The first-order chi connectivity index (χ1) is 15.4. The Labute approximate surface area is 218 Å². The molecule has 0 amide bonds. The monoisotopic (exact) mass is 546 g/mol. The smallest absolute Gasteiger partial charge is 0.242 e. The van der Waals surface area contributed by atoms with Crippen molar-refractivity contribution in [2.24, 2.45) is 5.73 Å². The Balaban J connectivity index is 0.00000306. The highest BCUT2D eigenvalue weighted by molar-refractivity contribution is 7.89.